The molecule has 302 valence electrons. The number of allylic oxidation sites excluding steroid dienone is 1. The second-order valence-corrected chi connectivity index (χ2v) is 22.2. The van der Waals surface area contributed by atoms with Gasteiger partial charge in [-0.1, -0.05) is 136 Å². The third-order valence-electron chi connectivity index (χ3n) is 13.2. The highest BCUT2D eigenvalue weighted by atomic mass is 28.4. The number of benzene rings is 4. The van der Waals surface area contributed by atoms with E-state index in [-0.39, 0.29) is 40.7 Å². The smallest absolute Gasteiger partial charge is 0.261 e. The number of rotatable bonds is 12. The van der Waals surface area contributed by atoms with Gasteiger partial charge in [0.05, 0.1) is 31.2 Å². The van der Waals surface area contributed by atoms with E-state index in [2.05, 4.69) is 124 Å². The standard InChI is InChI=1S/C50H58N2O5Si/c1-35(29-37-17-14-18-40(53)30-37)23-24-45-46-38(33-57-58(50(2,3)4,41-19-10-6-11-20-41)42-21-12-7-13-22-42)31-43-47(44(46)34-56-45)49(55)52(48(43)54)39-25-27-51(28-26-39)32-36-15-8-5-9-16-36/h5-22,29-30,39,43-45,47,53H,23-28,31-34H2,1-4H3/b35-29+/t43-,44+,45-,47-/m1/s1. The first-order valence-electron chi connectivity index (χ1n) is 21.2. The number of likely N-dealkylation sites (tertiary alicyclic amines) is 2. The average molecular weight is 795 g/mol. The number of hydrogen-bond donors (Lipinski definition) is 1. The molecular weight excluding hydrogens is 737 g/mol. The minimum Gasteiger partial charge on any atom is -0.508 e. The summed E-state index contributed by atoms with van der Waals surface area (Å²) in [7, 11) is -2.89. The number of carbonyl (C=O) groups is 2. The number of phenolic OH excluding ortho intramolecular Hbond substituents is 1. The first-order chi connectivity index (χ1) is 28.0. The highest BCUT2D eigenvalue weighted by molar-refractivity contribution is 6.99. The Balaban J connectivity index is 1.09. The van der Waals surface area contributed by atoms with E-state index < -0.39 is 20.2 Å². The monoisotopic (exact) mass is 794 g/mol. The van der Waals surface area contributed by atoms with Gasteiger partial charge in [0.25, 0.3) is 8.32 Å². The molecule has 0 aromatic heterocycles. The van der Waals surface area contributed by atoms with Crippen LogP contribution in [0.3, 0.4) is 0 Å². The van der Waals surface area contributed by atoms with Crippen molar-refractivity contribution in [3.05, 3.63) is 143 Å². The summed E-state index contributed by atoms with van der Waals surface area (Å²) in [4.78, 5) is 33.4. The van der Waals surface area contributed by atoms with Crippen LogP contribution in [0.2, 0.25) is 5.04 Å². The molecule has 8 rings (SSSR count). The maximum atomic E-state index is 14.7. The highest BCUT2D eigenvalue weighted by Crippen LogP contribution is 2.51. The lowest BCUT2D eigenvalue weighted by molar-refractivity contribution is -0.144. The number of ether oxygens (including phenoxy) is 1. The number of nitrogens with zero attached hydrogens (tertiary/aromatic N) is 2. The lowest BCUT2D eigenvalue weighted by atomic mass is 9.69. The third kappa shape index (κ3) is 7.92. The number of phenols is 1. The molecule has 4 aromatic carbocycles. The molecule has 2 amide bonds. The van der Waals surface area contributed by atoms with Crippen molar-refractivity contribution in [2.45, 2.75) is 83.5 Å². The number of imide groups is 1. The molecular formula is C50H58N2O5Si. The van der Waals surface area contributed by atoms with Gasteiger partial charge in [-0.25, -0.2) is 0 Å². The summed E-state index contributed by atoms with van der Waals surface area (Å²) in [6.07, 6.45) is 5.61. The predicted molar refractivity (Wildman–Crippen MR) is 233 cm³/mol. The van der Waals surface area contributed by atoms with E-state index in [1.807, 2.05) is 18.2 Å². The van der Waals surface area contributed by atoms with Gasteiger partial charge in [0.15, 0.2) is 0 Å². The van der Waals surface area contributed by atoms with E-state index in [1.165, 1.54) is 27.1 Å². The number of piperidine rings is 1. The van der Waals surface area contributed by atoms with Gasteiger partial charge in [-0.2, -0.15) is 0 Å². The van der Waals surface area contributed by atoms with Crippen molar-refractivity contribution in [1.29, 1.82) is 0 Å². The van der Waals surface area contributed by atoms with Crippen LogP contribution in [-0.2, 0) is 25.3 Å². The fraction of sp³-hybridized carbons (Fsp3) is 0.400. The molecule has 1 aliphatic carbocycles. The summed E-state index contributed by atoms with van der Waals surface area (Å²) in [6, 6.07) is 39.2. The van der Waals surface area contributed by atoms with Crippen molar-refractivity contribution in [1.82, 2.24) is 9.80 Å². The van der Waals surface area contributed by atoms with E-state index in [0.717, 1.165) is 56.5 Å². The zero-order chi connectivity index (χ0) is 40.4. The topological polar surface area (TPSA) is 79.3 Å². The summed E-state index contributed by atoms with van der Waals surface area (Å²) in [5.74, 6) is -0.733. The van der Waals surface area contributed by atoms with Crippen molar-refractivity contribution < 1.29 is 23.9 Å². The lowest BCUT2D eigenvalue weighted by Crippen LogP contribution is -2.66. The van der Waals surface area contributed by atoms with Crippen molar-refractivity contribution in [2.75, 3.05) is 26.3 Å². The van der Waals surface area contributed by atoms with Crippen LogP contribution in [0.1, 0.15) is 70.9 Å². The molecule has 0 spiro atoms. The van der Waals surface area contributed by atoms with Crippen molar-refractivity contribution in [2.24, 2.45) is 17.8 Å². The van der Waals surface area contributed by atoms with Crippen molar-refractivity contribution in [3.63, 3.8) is 0 Å². The maximum absolute atomic E-state index is 14.7. The molecule has 7 nitrogen and oxygen atoms in total. The van der Waals surface area contributed by atoms with E-state index in [0.29, 0.717) is 19.6 Å². The summed E-state index contributed by atoms with van der Waals surface area (Å²) in [5.41, 5.74) is 5.76. The zero-order valence-electron chi connectivity index (χ0n) is 34.5. The number of amides is 2. The zero-order valence-corrected chi connectivity index (χ0v) is 35.5. The van der Waals surface area contributed by atoms with Gasteiger partial charge in [-0.05, 0) is 88.8 Å². The molecule has 0 bridgehead atoms. The molecule has 3 aliphatic heterocycles. The molecule has 8 heteroatoms. The SMILES string of the molecule is C/C(=C\c1cccc(O)c1)CC[C@H]1OC[C@H]2C1=C(CO[Si](c1ccccc1)(c1ccccc1)C(C)(C)C)C[C@H]1C(=O)N(C3CCN(Cc4ccccc4)CC3)C(=O)[C@H]12. The van der Waals surface area contributed by atoms with Gasteiger partial charge in [0, 0.05) is 31.6 Å². The summed E-state index contributed by atoms with van der Waals surface area (Å²) >= 11 is 0. The largest absolute Gasteiger partial charge is 0.508 e. The first kappa shape index (κ1) is 40.2. The molecule has 4 atom stereocenters. The van der Waals surface area contributed by atoms with Gasteiger partial charge in [-0.15, -0.1) is 0 Å². The summed E-state index contributed by atoms with van der Waals surface area (Å²) in [5, 5.41) is 12.3. The Morgan fingerprint density at radius 2 is 1.48 bits per heavy atom. The van der Waals surface area contributed by atoms with Crippen LogP contribution in [-0.4, -0.2) is 73.5 Å². The molecule has 0 unspecified atom stereocenters. The van der Waals surface area contributed by atoms with Gasteiger partial charge in [-0.3, -0.25) is 19.4 Å². The van der Waals surface area contributed by atoms with Gasteiger partial charge < -0.3 is 14.3 Å². The Hall–Kier alpha value is -4.60. The normalized spacial score (nSPS) is 23.4. The van der Waals surface area contributed by atoms with Crippen LogP contribution in [0.25, 0.3) is 6.08 Å². The summed E-state index contributed by atoms with van der Waals surface area (Å²) in [6.45, 7) is 12.4. The molecule has 4 aromatic rings. The van der Waals surface area contributed by atoms with E-state index in [4.69, 9.17) is 9.16 Å². The lowest BCUT2D eigenvalue weighted by Gasteiger charge is -2.44. The molecule has 1 N–H and O–H groups in total. The van der Waals surface area contributed by atoms with Crippen LogP contribution in [0.4, 0.5) is 0 Å². The Morgan fingerprint density at radius 3 is 2.10 bits per heavy atom. The molecule has 4 aliphatic rings. The Morgan fingerprint density at radius 1 is 0.845 bits per heavy atom. The van der Waals surface area contributed by atoms with Crippen molar-refractivity contribution >= 4 is 36.6 Å². The van der Waals surface area contributed by atoms with Crippen molar-refractivity contribution in [3.8, 4) is 5.75 Å². The Bertz CT molecular complexity index is 2100. The second-order valence-electron chi connectivity index (χ2n) is 17.9. The predicted octanol–water partition coefficient (Wildman–Crippen LogP) is 8.13. The molecule has 0 saturated carbocycles. The fourth-order valence-electron chi connectivity index (χ4n) is 10.5. The quantitative estimate of drug-likeness (QED) is 0.0887. The van der Waals surface area contributed by atoms with Crippen LogP contribution in [0.5, 0.6) is 5.75 Å². The van der Waals surface area contributed by atoms with Crippen LogP contribution in [0, 0.1) is 17.8 Å². The maximum Gasteiger partial charge on any atom is 0.261 e. The third-order valence-corrected chi connectivity index (χ3v) is 18.2. The minimum absolute atomic E-state index is 0.00447. The van der Waals surface area contributed by atoms with Gasteiger partial charge in [0.1, 0.15) is 5.75 Å². The second kappa shape index (κ2) is 16.9. The van der Waals surface area contributed by atoms with Gasteiger partial charge >= 0.3 is 0 Å². The molecule has 3 fully saturated rings. The highest BCUT2D eigenvalue weighted by Gasteiger charge is 2.59. The molecule has 3 saturated heterocycles. The van der Waals surface area contributed by atoms with E-state index in [9.17, 15) is 14.7 Å². The van der Waals surface area contributed by atoms with Crippen LogP contribution >= 0.6 is 0 Å². The Labute approximate surface area is 345 Å². The first-order valence-corrected chi connectivity index (χ1v) is 23.1. The molecule has 3 heterocycles. The van der Waals surface area contributed by atoms with Crippen LogP contribution < -0.4 is 10.4 Å². The summed E-state index contributed by atoms with van der Waals surface area (Å²) < 4.78 is 14.3. The minimum atomic E-state index is -2.89. The molecule has 58 heavy (non-hydrogen) atoms. The fourth-order valence-corrected chi connectivity index (χ4v) is 15.0. The van der Waals surface area contributed by atoms with Crippen LogP contribution in [0.15, 0.2) is 132 Å². The van der Waals surface area contributed by atoms with E-state index in [1.54, 1.807) is 17.0 Å². The van der Waals surface area contributed by atoms with Gasteiger partial charge in [0.2, 0.25) is 11.8 Å². The molecule has 0 radical (unpaired) electrons. The number of aromatic hydroxyl groups is 1. The number of carbonyl (C=O) groups excluding carboxylic acids is 2. The number of fused-ring (bicyclic) bond motifs is 3. The van der Waals surface area contributed by atoms with E-state index >= 15 is 0 Å². The number of hydrogen-bond acceptors (Lipinski definition) is 6. The Kier molecular flexibility index (Phi) is 11.7. The average Bonchev–Trinajstić information content (AvgIpc) is 3.76.